The van der Waals surface area contributed by atoms with Gasteiger partial charge in [-0.25, -0.2) is 4.79 Å². The number of nitro groups is 1. The van der Waals surface area contributed by atoms with Crippen LogP contribution in [0.5, 0.6) is 0 Å². The summed E-state index contributed by atoms with van der Waals surface area (Å²) in [6.45, 7) is 4.42. The van der Waals surface area contributed by atoms with Gasteiger partial charge in [-0.1, -0.05) is 25.2 Å². The van der Waals surface area contributed by atoms with E-state index in [0.717, 1.165) is 11.4 Å². The van der Waals surface area contributed by atoms with Crippen molar-refractivity contribution in [3.63, 3.8) is 0 Å². The van der Waals surface area contributed by atoms with Crippen LogP contribution in [0.2, 0.25) is 0 Å². The Bertz CT molecular complexity index is 1070. The lowest BCUT2D eigenvalue weighted by Crippen LogP contribution is -2.17. The topological polar surface area (TPSA) is 133 Å². The van der Waals surface area contributed by atoms with Crippen LogP contribution in [-0.2, 0) is 17.8 Å². The van der Waals surface area contributed by atoms with Crippen molar-refractivity contribution in [3.05, 3.63) is 43.9 Å². The van der Waals surface area contributed by atoms with Gasteiger partial charge in [0, 0.05) is 25.5 Å². The summed E-state index contributed by atoms with van der Waals surface area (Å²) in [7, 11) is 0. The molecular formula is C17H19N5O5S. The van der Waals surface area contributed by atoms with Crippen LogP contribution in [0.15, 0.2) is 27.4 Å². The van der Waals surface area contributed by atoms with Crippen LogP contribution in [0.4, 0.5) is 10.8 Å². The van der Waals surface area contributed by atoms with E-state index < -0.39 is 10.7 Å². The fraction of sp³-hybridized carbons (Fsp3) is 0.412. The average molecular weight is 405 g/mol. The molecule has 0 atom stereocenters. The third kappa shape index (κ3) is 4.60. The molecule has 3 rings (SSSR count). The molecule has 0 aliphatic heterocycles. The van der Waals surface area contributed by atoms with Crippen LogP contribution in [0.25, 0.3) is 11.1 Å². The molecule has 0 aliphatic rings. The Morgan fingerprint density at radius 1 is 1.39 bits per heavy atom. The number of fused-ring (bicyclic) bond motifs is 1. The van der Waals surface area contributed by atoms with Gasteiger partial charge in [0.25, 0.3) is 5.69 Å². The van der Waals surface area contributed by atoms with Gasteiger partial charge in [-0.05, 0) is 18.4 Å². The number of nitrogens with zero attached hydrogens (tertiary/aromatic N) is 4. The van der Waals surface area contributed by atoms with Gasteiger partial charge in [-0.3, -0.25) is 19.5 Å². The van der Waals surface area contributed by atoms with Crippen molar-refractivity contribution in [1.82, 2.24) is 14.8 Å². The first-order valence-electron chi connectivity index (χ1n) is 8.73. The molecule has 28 heavy (non-hydrogen) atoms. The van der Waals surface area contributed by atoms with E-state index in [1.54, 1.807) is 0 Å². The molecule has 2 aromatic heterocycles. The number of hydrogen-bond donors (Lipinski definition) is 1. The number of benzene rings is 1. The number of nitro benzene ring substituents is 1. The first-order chi connectivity index (χ1) is 13.3. The third-order valence-electron chi connectivity index (χ3n) is 3.94. The number of non-ortho nitro benzene ring substituents is 1. The minimum absolute atomic E-state index is 0.148. The zero-order chi connectivity index (χ0) is 20.3. The smallest absolute Gasteiger partial charge is 0.407 e. The minimum Gasteiger partial charge on any atom is -0.407 e. The maximum absolute atomic E-state index is 12.1. The number of oxazole rings is 1. The van der Waals surface area contributed by atoms with E-state index in [-0.39, 0.29) is 30.1 Å². The molecular weight excluding hydrogens is 386 g/mol. The second-order valence-electron chi connectivity index (χ2n) is 6.68. The molecule has 3 aromatic rings. The predicted molar refractivity (Wildman–Crippen MR) is 103 cm³/mol. The van der Waals surface area contributed by atoms with Crippen molar-refractivity contribution < 1.29 is 14.1 Å². The molecule has 0 radical (unpaired) electrons. The highest BCUT2D eigenvalue weighted by atomic mass is 32.1. The zero-order valence-electron chi connectivity index (χ0n) is 15.4. The fourth-order valence-electron chi connectivity index (χ4n) is 2.70. The van der Waals surface area contributed by atoms with E-state index in [0.29, 0.717) is 23.0 Å². The number of rotatable bonds is 8. The zero-order valence-corrected chi connectivity index (χ0v) is 16.2. The number of carbonyl (C=O) groups excluding carboxylic acids is 1. The van der Waals surface area contributed by atoms with Gasteiger partial charge < -0.3 is 9.73 Å². The van der Waals surface area contributed by atoms with E-state index >= 15 is 0 Å². The fourth-order valence-corrected chi connectivity index (χ4v) is 3.66. The van der Waals surface area contributed by atoms with E-state index in [2.05, 4.69) is 29.4 Å². The highest BCUT2D eigenvalue weighted by Gasteiger charge is 2.15. The molecule has 11 heteroatoms. The normalized spacial score (nSPS) is 11.2. The molecule has 0 bridgehead atoms. The summed E-state index contributed by atoms with van der Waals surface area (Å²) in [5, 5.41) is 22.8. The van der Waals surface area contributed by atoms with E-state index in [9.17, 15) is 19.7 Å². The molecule has 1 amide bonds. The Kier molecular flexibility index (Phi) is 5.83. The van der Waals surface area contributed by atoms with Crippen molar-refractivity contribution >= 4 is 39.2 Å². The van der Waals surface area contributed by atoms with Gasteiger partial charge in [-0.2, -0.15) is 0 Å². The van der Waals surface area contributed by atoms with E-state index in [1.807, 2.05) is 0 Å². The quantitative estimate of drug-likeness (QED) is 0.450. The summed E-state index contributed by atoms with van der Waals surface area (Å²) in [6, 6.07) is 3.99. The first kappa shape index (κ1) is 19.7. The van der Waals surface area contributed by atoms with Crippen LogP contribution in [0.3, 0.4) is 0 Å². The number of carbonyl (C=O) groups is 1. The summed E-state index contributed by atoms with van der Waals surface area (Å²) >= 11 is 1.35. The molecule has 0 aliphatic carbocycles. The summed E-state index contributed by atoms with van der Waals surface area (Å²) in [4.78, 5) is 34.3. The number of nitrogens with one attached hydrogen (secondary N) is 1. The number of aryl methyl sites for hydroxylation is 1. The van der Waals surface area contributed by atoms with Crippen LogP contribution in [-0.4, -0.2) is 25.6 Å². The Balaban J connectivity index is 1.58. The number of aromatic nitrogens is 3. The Morgan fingerprint density at radius 3 is 2.89 bits per heavy atom. The molecule has 0 unspecified atom stereocenters. The third-order valence-corrected chi connectivity index (χ3v) is 4.81. The van der Waals surface area contributed by atoms with Crippen LogP contribution >= 0.6 is 11.3 Å². The second-order valence-corrected chi connectivity index (χ2v) is 7.74. The molecule has 1 aromatic carbocycles. The largest absolute Gasteiger partial charge is 0.419 e. The summed E-state index contributed by atoms with van der Waals surface area (Å²) in [5.41, 5.74) is 0.454. The van der Waals surface area contributed by atoms with Crippen molar-refractivity contribution in [2.75, 3.05) is 5.32 Å². The Hall–Kier alpha value is -3.08. The van der Waals surface area contributed by atoms with Gasteiger partial charge in [0.2, 0.25) is 11.0 Å². The molecule has 1 N–H and O–H groups in total. The van der Waals surface area contributed by atoms with Gasteiger partial charge in [0.05, 0.1) is 16.5 Å². The monoisotopic (exact) mass is 405 g/mol. The first-order valence-corrected chi connectivity index (χ1v) is 9.55. The van der Waals surface area contributed by atoms with Gasteiger partial charge in [0.15, 0.2) is 5.58 Å². The van der Waals surface area contributed by atoms with E-state index in [4.69, 9.17) is 4.42 Å². The number of hydrogen-bond acceptors (Lipinski definition) is 8. The molecule has 0 saturated carbocycles. The highest BCUT2D eigenvalue weighted by molar-refractivity contribution is 7.15. The lowest BCUT2D eigenvalue weighted by molar-refractivity contribution is -0.384. The molecule has 10 nitrogen and oxygen atoms in total. The maximum atomic E-state index is 12.1. The average Bonchev–Trinajstić information content (AvgIpc) is 3.17. The predicted octanol–water partition coefficient (Wildman–Crippen LogP) is 2.97. The van der Waals surface area contributed by atoms with Crippen LogP contribution < -0.4 is 11.1 Å². The molecule has 0 fully saturated rings. The van der Waals surface area contributed by atoms with Crippen LogP contribution in [0, 0.1) is 16.0 Å². The molecule has 2 heterocycles. The van der Waals surface area contributed by atoms with E-state index in [1.165, 1.54) is 34.1 Å². The lowest BCUT2D eigenvalue weighted by Gasteiger charge is -2.03. The van der Waals surface area contributed by atoms with Crippen molar-refractivity contribution in [1.29, 1.82) is 0 Å². The number of amides is 1. The van der Waals surface area contributed by atoms with Crippen LogP contribution in [0.1, 0.15) is 31.7 Å². The lowest BCUT2D eigenvalue weighted by atomic mass is 10.1. The Labute approximate surface area is 163 Å². The van der Waals surface area contributed by atoms with Gasteiger partial charge in [-0.15, -0.1) is 10.2 Å². The van der Waals surface area contributed by atoms with Crippen molar-refractivity contribution in [3.8, 4) is 0 Å². The Morgan fingerprint density at radius 2 is 2.18 bits per heavy atom. The van der Waals surface area contributed by atoms with Gasteiger partial charge in [0.1, 0.15) is 5.01 Å². The summed E-state index contributed by atoms with van der Waals surface area (Å²) < 4.78 is 6.42. The molecule has 0 spiro atoms. The summed E-state index contributed by atoms with van der Waals surface area (Å²) in [6.07, 6.45) is 1.39. The SMILES string of the molecule is CC(C)Cc1nnc(NC(=O)CCCn2c(=O)oc3cc([N+](=O)[O-])ccc32)s1. The minimum atomic E-state index is -0.613. The summed E-state index contributed by atoms with van der Waals surface area (Å²) in [5.74, 6) is -0.372. The molecule has 148 valence electrons. The standard InChI is InChI=1S/C17H19N5O5S/c1-10(2)8-15-19-20-16(28-15)18-14(23)4-3-7-21-12-6-5-11(22(25)26)9-13(12)27-17(21)24/h5-6,9-10H,3-4,7-8H2,1-2H3,(H,18,20,23). The molecule has 0 saturated heterocycles. The second kappa shape index (κ2) is 8.30. The maximum Gasteiger partial charge on any atom is 0.419 e. The van der Waals surface area contributed by atoms with Crippen molar-refractivity contribution in [2.24, 2.45) is 5.92 Å². The van der Waals surface area contributed by atoms with Crippen molar-refractivity contribution in [2.45, 2.75) is 39.7 Å². The number of anilines is 1. The van der Waals surface area contributed by atoms with Gasteiger partial charge >= 0.3 is 5.76 Å². The highest BCUT2D eigenvalue weighted by Crippen LogP contribution is 2.21.